The molecular formula is C27H23BrCl2N2O4. The van der Waals surface area contributed by atoms with Crippen LogP contribution in [0.15, 0.2) is 64.6 Å². The van der Waals surface area contributed by atoms with Gasteiger partial charge in [0.25, 0.3) is 5.91 Å². The fourth-order valence-corrected chi connectivity index (χ4v) is 3.89. The molecule has 0 aliphatic heterocycles. The lowest BCUT2D eigenvalue weighted by molar-refractivity contribution is -0.112. The smallest absolute Gasteiger partial charge is 0.266 e. The van der Waals surface area contributed by atoms with Crippen molar-refractivity contribution >= 4 is 56.8 Å². The van der Waals surface area contributed by atoms with Crippen molar-refractivity contribution < 1.29 is 19.0 Å². The first kappa shape index (κ1) is 27.4. The third kappa shape index (κ3) is 7.41. The molecule has 1 amide bonds. The molecule has 1 N–H and O–H groups in total. The Kier molecular flexibility index (Phi) is 10.1. The van der Waals surface area contributed by atoms with Crippen LogP contribution in [0.25, 0.3) is 6.08 Å². The van der Waals surface area contributed by atoms with E-state index in [-0.39, 0.29) is 12.2 Å². The zero-order valence-corrected chi connectivity index (χ0v) is 22.7. The number of anilines is 1. The first-order valence-corrected chi connectivity index (χ1v) is 12.6. The summed E-state index contributed by atoms with van der Waals surface area (Å²) in [5.41, 5.74) is 1.89. The summed E-state index contributed by atoms with van der Waals surface area (Å²) in [6.45, 7) is 4.93. The molecule has 0 aromatic heterocycles. The van der Waals surface area contributed by atoms with Crippen LogP contribution in [0.5, 0.6) is 17.2 Å². The van der Waals surface area contributed by atoms with Gasteiger partial charge in [-0.2, -0.15) is 5.26 Å². The van der Waals surface area contributed by atoms with Crippen LogP contribution in [0.2, 0.25) is 10.0 Å². The minimum Gasteiger partial charge on any atom is -0.494 e. The number of rotatable bonds is 10. The minimum atomic E-state index is -0.536. The number of benzene rings is 3. The molecule has 0 spiro atoms. The van der Waals surface area contributed by atoms with Gasteiger partial charge in [0.05, 0.1) is 23.3 Å². The number of nitriles is 1. The third-order valence-corrected chi connectivity index (χ3v) is 6.26. The summed E-state index contributed by atoms with van der Waals surface area (Å²) < 4.78 is 17.7. The van der Waals surface area contributed by atoms with E-state index in [0.29, 0.717) is 56.2 Å². The maximum absolute atomic E-state index is 12.7. The van der Waals surface area contributed by atoms with Crippen LogP contribution in [0.1, 0.15) is 25.0 Å². The Morgan fingerprint density at radius 2 is 1.67 bits per heavy atom. The molecule has 0 heterocycles. The molecule has 0 fully saturated rings. The van der Waals surface area contributed by atoms with Gasteiger partial charge in [-0.15, -0.1) is 0 Å². The lowest BCUT2D eigenvalue weighted by Crippen LogP contribution is -2.13. The quantitative estimate of drug-likeness (QED) is 0.194. The third-order valence-electron chi connectivity index (χ3n) is 4.83. The van der Waals surface area contributed by atoms with Crippen molar-refractivity contribution in [1.82, 2.24) is 0 Å². The monoisotopic (exact) mass is 588 g/mol. The van der Waals surface area contributed by atoms with Gasteiger partial charge < -0.3 is 19.5 Å². The molecule has 9 heteroatoms. The lowest BCUT2D eigenvalue weighted by Gasteiger charge is -2.14. The molecule has 0 aliphatic rings. The van der Waals surface area contributed by atoms with Gasteiger partial charge in [-0.25, -0.2) is 0 Å². The second-order valence-electron chi connectivity index (χ2n) is 7.37. The highest BCUT2D eigenvalue weighted by Gasteiger charge is 2.15. The van der Waals surface area contributed by atoms with Crippen LogP contribution in [0.4, 0.5) is 5.69 Å². The molecule has 3 aromatic carbocycles. The van der Waals surface area contributed by atoms with Crippen molar-refractivity contribution in [3.8, 4) is 23.3 Å². The zero-order chi connectivity index (χ0) is 26.1. The van der Waals surface area contributed by atoms with Crippen molar-refractivity contribution in [1.29, 1.82) is 5.26 Å². The van der Waals surface area contributed by atoms with Gasteiger partial charge in [-0.1, -0.05) is 45.2 Å². The summed E-state index contributed by atoms with van der Waals surface area (Å²) >= 11 is 15.6. The molecule has 0 saturated carbocycles. The Hall–Kier alpha value is -3.18. The van der Waals surface area contributed by atoms with Gasteiger partial charge >= 0.3 is 0 Å². The SMILES string of the molecule is CCOc1ccc(NC(=O)/C(C#N)=C/c2cc(OCC)c(OCc3ccc(Cl)c(Cl)c3)cc2Br)cc1. The Bertz CT molecular complexity index is 1300. The van der Waals surface area contributed by atoms with Crippen molar-refractivity contribution in [2.24, 2.45) is 0 Å². The van der Waals surface area contributed by atoms with Gasteiger partial charge in [0.2, 0.25) is 0 Å². The van der Waals surface area contributed by atoms with Crippen LogP contribution in [-0.4, -0.2) is 19.1 Å². The van der Waals surface area contributed by atoms with E-state index in [9.17, 15) is 10.1 Å². The number of halogens is 3. The summed E-state index contributed by atoms with van der Waals surface area (Å²) in [4.78, 5) is 12.7. The molecule has 0 aliphatic carbocycles. The number of hydrogen-bond donors (Lipinski definition) is 1. The van der Waals surface area contributed by atoms with Crippen LogP contribution >= 0.6 is 39.1 Å². The molecular weight excluding hydrogens is 567 g/mol. The van der Waals surface area contributed by atoms with Crippen LogP contribution in [0, 0.1) is 11.3 Å². The number of amides is 1. The van der Waals surface area contributed by atoms with Crippen molar-refractivity contribution in [2.45, 2.75) is 20.5 Å². The molecule has 186 valence electrons. The van der Waals surface area contributed by atoms with Gasteiger partial charge in [0.15, 0.2) is 11.5 Å². The Morgan fingerprint density at radius 1 is 0.972 bits per heavy atom. The second-order valence-corrected chi connectivity index (χ2v) is 9.04. The maximum atomic E-state index is 12.7. The zero-order valence-electron chi connectivity index (χ0n) is 19.6. The average Bonchev–Trinajstić information content (AvgIpc) is 2.86. The molecule has 36 heavy (non-hydrogen) atoms. The standard InChI is InChI=1S/C27H23BrCl2N2O4/c1-3-34-21-8-6-20(7-9-21)32-27(33)19(15-31)12-18-13-25(35-4-2)26(14-22(18)28)36-16-17-5-10-23(29)24(30)11-17/h5-14H,3-4,16H2,1-2H3,(H,32,33)/b19-12+. The summed E-state index contributed by atoms with van der Waals surface area (Å²) in [6, 6.07) is 17.6. The predicted octanol–water partition coefficient (Wildman–Crippen LogP) is 7.68. The highest BCUT2D eigenvalue weighted by molar-refractivity contribution is 9.10. The number of nitrogens with zero attached hydrogens (tertiary/aromatic N) is 1. The number of nitrogens with one attached hydrogen (secondary N) is 1. The van der Waals surface area contributed by atoms with Crippen molar-refractivity contribution in [2.75, 3.05) is 18.5 Å². The maximum Gasteiger partial charge on any atom is 0.266 e. The number of hydrogen-bond acceptors (Lipinski definition) is 5. The van der Waals surface area contributed by atoms with Crippen LogP contribution in [-0.2, 0) is 11.4 Å². The molecule has 0 radical (unpaired) electrons. The number of carbonyl (C=O) groups excluding carboxylic acids is 1. The van der Waals surface area contributed by atoms with Gasteiger partial charge in [-0.05, 0) is 79.6 Å². The normalized spacial score (nSPS) is 10.9. The topological polar surface area (TPSA) is 80.6 Å². The van der Waals surface area contributed by atoms with E-state index >= 15 is 0 Å². The minimum absolute atomic E-state index is 0.0727. The number of ether oxygens (including phenoxy) is 3. The van der Waals surface area contributed by atoms with Gasteiger partial charge in [0.1, 0.15) is 24.0 Å². The van der Waals surface area contributed by atoms with E-state index in [1.807, 2.05) is 26.0 Å². The Labute approximate surface area is 228 Å². The van der Waals surface area contributed by atoms with E-state index in [1.54, 1.807) is 48.5 Å². The fraction of sp³-hybridized carbons (Fsp3) is 0.185. The van der Waals surface area contributed by atoms with Gasteiger partial charge in [0, 0.05) is 10.2 Å². The van der Waals surface area contributed by atoms with E-state index in [4.69, 9.17) is 37.4 Å². The fourth-order valence-electron chi connectivity index (χ4n) is 3.14. The van der Waals surface area contributed by atoms with E-state index in [2.05, 4.69) is 21.2 Å². The average molecular weight is 590 g/mol. The first-order valence-electron chi connectivity index (χ1n) is 11.0. The molecule has 0 bridgehead atoms. The van der Waals surface area contributed by atoms with Crippen molar-refractivity contribution in [3.05, 3.63) is 85.8 Å². The Morgan fingerprint density at radius 3 is 2.31 bits per heavy atom. The molecule has 0 unspecified atom stereocenters. The highest BCUT2D eigenvalue weighted by atomic mass is 79.9. The van der Waals surface area contributed by atoms with Gasteiger partial charge in [-0.3, -0.25) is 4.79 Å². The largest absolute Gasteiger partial charge is 0.494 e. The molecule has 3 aromatic rings. The summed E-state index contributed by atoms with van der Waals surface area (Å²) in [5, 5.41) is 13.3. The number of carbonyl (C=O) groups is 1. The summed E-state index contributed by atoms with van der Waals surface area (Å²) in [5.74, 6) is 1.12. The predicted molar refractivity (Wildman–Crippen MR) is 146 cm³/mol. The molecule has 0 saturated heterocycles. The van der Waals surface area contributed by atoms with E-state index in [0.717, 1.165) is 5.56 Å². The summed E-state index contributed by atoms with van der Waals surface area (Å²) in [7, 11) is 0. The highest BCUT2D eigenvalue weighted by Crippen LogP contribution is 2.36. The molecule has 3 rings (SSSR count). The Balaban J connectivity index is 1.81. The molecule has 6 nitrogen and oxygen atoms in total. The van der Waals surface area contributed by atoms with Crippen molar-refractivity contribution in [3.63, 3.8) is 0 Å². The summed E-state index contributed by atoms with van der Waals surface area (Å²) in [6.07, 6.45) is 1.49. The van der Waals surface area contributed by atoms with Crippen LogP contribution < -0.4 is 19.5 Å². The van der Waals surface area contributed by atoms with Crippen LogP contribution in [0.3, 0.4) is 0 Å². The lowest BCUT2D eigenvalue weighted by atomic mass is 10.1. The van der Waals surface area contributed by atoms with E-state index < -0.39 is 5.91 Å². The first-order chi connectivity index (χ1) is 17.3. The van der Waals surface area contributed by atoms with E-state index in [1.165, 1.54) is 6.08 Å². The second kappa shape index (κ2) is 13.2. The molecule has 0 atom stereocenters.